The van der Waals surface area contributed by atoms with Crippen LogP contribution in [-0.2, 0) is 9.53 Å². The van der Waals surface area contributed by atoms with E-state index >= 15 is 0 Å². The van der Waals surface area contributed by atoms with Gasteiger partial charge in [0, 0.05) is 10.9 Å². The molecule has 1 amide bonds. The van der Waals surface area contributed by atoms with Crippen molar-refractivity contribution in [1.29, 1.82) is 0 Å². The zero-order valence-electron chi connectivity index (χ0n) is 16.1. The van der Waals surface area contributed by atoms with E-state index in [1.165, 1.54) is 29.5 Å². The van der Waals surface area contributed by atoms with E-state index in [0.717, 1.165) is 5.56 Å². The van der Waals surface area contributed by atoms with Crippen molar-refractivity contribution in [3.05, 3.63) is 76.4 Å². The molecule has 0 unspecified atom stereocenters. The number of esters is 1. The topological polar surface area (TPSA) is 71.9 Å². The van der Waals surface area contributed by atoms with Crippen molar-refractivity contribution in [2.45, 2.75) is 6.92 Å². The molecule has 2 heterocycles. The van der Waals surface area contributed by atoms with Gasteiger partial charge in [-0.25, -0.2) is 14.2 Å². The molecule has 0 spiro atoms. The number of aromatic nitrogens is 1. The first-order valence-electron chi connectivity index (χ1n) is 8.98. The Balaban J connectivity index is 1.59. The summed E-state index contributed by atoms with van der Waals surface area (Å²) in [6.07, 6.45) is 1.70. The summed E-state index contributed by atoms with van der Waals surface area (Å²) in [7, 11) is 1.32. The molecule has 6 nitrogen and oxygen atoms in total. The van der Waals surface area contributed by atoms with Gasteiger partial charge < -0.3 is 4.74 Å². The number of carbonyl (C=O) groups excluding carboxylic acids is 2. The number of methoxy groups -OCH3 is 1. The van der Waals surface area contributed by atoms with E-state index in [9.17, 15) is 14.0 Å². The van der Waals surface area contributed by atoms with Crippen LogP contribution in [0.2, 0.25) is 0 Å². The highest BCUT2D eigenvalue weighted by Crippen LogP contribution is 2.32. The van der Waals surface area contributed by atoms with E-state index in [-0.39, 0.29) is 11.7 Å². The van der Waals surface area contributed by atoms with Gasteiger partial charge in [0.05, 0.1) is 29.7 Å². The SMILES string of the molecule is COC(=O)c1ccc(/C=C2/C(=O)N(c3nc(-c4ccccc4F)cs3)N=C2C)cc1. The largest absolute Gasteiger partial charge is 0.465 e. The van der Waals surface area contributed by atoms with Crippen LogP contribution in [0.4, 0.5) is 9.52 Å². The number of benzene rings is 2. The van der Waals surface area contributed by atoms with E-state index in [0.29, 0.717) is 33.2 Å². The Labute approximate surface area is 175 Å². The van der Waals surface area contributed by atoms with Crippen molar-refractivity contribution >= 4 is 40.1 Å². The minimum absolute atomic E-state index is 0.320. The van der Waals surface area contributed by atoms with Crippen LogP contribution in [0.15, 0.2) is 64.6 Å². The number of rotatable bonds is 4. The number of nitrogens with zero attached hydrogens (tertiary/aromatic N) is 3. The van der Waals surface area contributed by atoms with Crippen LogP contribution >= 0.6 is 11.3 Å². The Morgan fingerprint density at radius 1 is 1.17 bits per heavy atom. The molecular weight excluding hydrogens is 405 g/mol. The van der Waals surface area contributed by atoms with Crippen molar-refractivity contribution in [1.82, 2.24) is 4.98 Å². The molecule has 4 rings (SSSR count). The Bertz CT molecular complexity index is 1200. The molecule has 150 valence electrons. The van der Waals surface area contributed by atoms with Gasteiger partial charge in [-0.1, -0.05) is 24.3 Å². The van der Waals surface area contributed by atoms with Crippen molar-refractivity contribution in [2.75, 3.05) is 12.1 Å². The maximum Gasteiger partial charge on any atom is 0.337 e. The highest BCUT2D eigenvalue weighted by Gasteiger charge is 2.31. The molecule has 2 aromatic carbocycles. The van der Waals surface area contributed by atoms with Gasteiger partial charge in [-0.05, 0) is 42.8 Å². The third kappa shape index (κ3) is 3.65. The van der Waals surface area contributed by atoms with Crippen LogP contribution in [0, 0.1) is 5.82 Å². The summed E-state index contributed by atoms with van der Waals surface area (Å²) in [4.78, 5) is 28.9. The Hall–Kier alpha value is -3.65. The van der Waals surface area contributed by atoms with Gasteiger partial charge in [-0.3, -0.25) is 4.79 Å². The molecule has 0 saturated heterocycles. The summed E-state index contributed by atoms with van der Waals surface area (Å²) < 4.78 is 18.7. The monoisotopic (exact) mass is 421 g/mol. The molecule has 0 bridgehead atoms. The highest BCUT2D eigenvalue weighted by molar-refractivity contribution is 7.14. The van der Waals surface area contributed by atoms with Gasteiger partial charge in [-0.2, -0.15) is 10.1 Å². The number of hydrazone groups is 1. The number of hydrogen-bond donors (Lipinski definition) is 0. The average molecular weight is 421 g/mol. The summed E-state index contributed by atoms with van der Waals surface area (Å²) >= 11 is 1.21. The van der Waals surface area contributed by atoms with Crippen LogP contribution in [0.3, 0.4) is 0 Å². The van der Waals surface area contributed by atoms with E-state index in [1.807, 2.05) is 0 Å². The van der Waals surface area contributed by atoms with Crippen LogP contribution in [0.5, 0.6) is 0 Å². The number of hydrogen-bond acceptors (Lipinski definition) is 6. The summed E-state index contributed by atoms with van der Waals surface area (Å²) in [6.45, 7) is 1.73. The van der Waals surface area contributed by atoms with Crippen molar-refractivity contribution in [3.63, 3.8) is 0 Å². The number of ether oxygens (including phenoxy) is 1. The lowest BCUT2D eigenvalue weighted by Gasteiger charge is -2.07. The predicted molar refractivity (Wildman–Crippen MR) is 114 cm³/mol. The fourth-order valence-corrected chi connectivity index (χ4v) is 3.74. The fourth-order valence-electron chi connectivity index (χ4n) is 2.97. The first kappa shape index (κ1) is 19.7. The van der Waals surface area contributed by atoms with Gasteiger partial charge in [-0.15, -0.1) is 11.3 Å². The lowest BCUT2D eigenvalue weighted by Crippen LogP contribution is -2.21. The van der Waals surface area contributed by atoms with Crippen molar-refractivity contribution < 1.29 is 18.7 Å². The first-order valence-corrected chi connectivity index (χ1v) is 9.86. The quantitative estimate of drug-likeness (QED) is 0.458. The molecule has 30 heavy (non-hydrogen) atoms. The molecule has 0 atom stereocenters. The van der Waals surface area contributed by atoms with E-state index in [1.54, 1.807) is 60.8 Å². The van der Waals surface area contributed by atoms with Crippen LogP contribution in [0.1, 0.15) is 22.8 Å². The minimum atomic E-state index is -0.426. The molecule has 0 saturated carbocycles. The van der Waals surface area contributed by atoms with Crippen LogP contribution in [-0.4, -0.2) is 29.7 Å². The molecule has 1 aliphatic rings. The highest BCUT2D eigenvalue weighted by atomic mass is 32.1. The van der Waals surface area contributed by atoms with Crippen molar-refractivity contribution in [2.24, 2.45) is 5.10 Å². The van der Waals surface area contributed by atoms with Crippen LogP contribution < -0.4 is 5.01 Å². The predicted octanol–water partition coefficient (Wildman–Crippen LogP) is 4.54. The van der Waals surface area contributed by atoms with Gasteiger partial charge in [0.15, 0.2) is 0 Å². The maximum atomic E-state index is 14.0. The summed E-state index contributed by atoms with van der Waals surface area (Å²) in [6, 6.07) is 13.0. The molecule has 8 heteroatoms. The van der Waals surface area contributed by atoms with E-state index < -0.39 is 5.97 Å². The Morgan fingerprint density at radius 2 is 1.90 bits per heavy atom. The smallest absolute Gasteiger partial charge is 0.337 e. The third-order valence-electron chi connectivity index (χ3n) is 4.53. The normalized spacial score (nSPS) is 14.9. The molecular formula is C22H16FN3O3S. The van der Waals surface area contributed by atoms with Gasteiger partial charge in [0.2, 0.25) is 5.13 Å². The lowest BCUT2D eigenvalue weighted by atomic mass is 10.1. The summed E-state index contributed by atoms with van der Waals surface area (Å²) in [5, 5.41) is 7.60. The molecule has 1 aromatic heterocycles. The lowest BCUT2D eigenvalue weighted by molar-refractivity contribution is -0.114. The molecule has 1 aliphatic heterocycles. The number of carbonyl (C=O) groups is 2. The second-order valence-corrected chi connectivity index (χ2v) is 7.31. The number of amides is 1. The number of thiazole rings is 1. The number of halogens is 1. The summed E-state index contributed by atoms with van der Waals surface area (Å²) in [5.41, 5.74) is 2.95. The molecule has 3 aromatic rings. The third-order valence-corrected chi connectivity index (χ3v) is 5.34. The number of anilines is 1. The standard InChI is InChI=1S/C22H16FN3O3S/c1-13-17(11-14-7-9-15(10-8-14)21(28)29-2)20(27)26(25-13)22-24-19(12-30-22)16-5-3-4-6-18(16)23/h3-12H,1-2H3/b17-11+. The first-order chi connectivity index (χ1) is 14.5. The molecule has 0 N–H and O–H groups in total. The fraction of sp³-hybridized carbons (Fsp3) is 0.0909. The van der Waals surface area contributed by atoms with E-state index in [2.05, 4.69) is 14.8 Å². The zero-order valence-corrected chi connectivity index (χ0v) is 16.9. The van der Waals surface area contributed by atoms with Crippen LogP contribution in [0.25, 0.3) is 17.3 Å². The zero-order chi connectivity index (χ0) is 21.3. The molecule has 0 radical (unpaired) electrons. The van der Waals surface area contributed by atoms with Gasteiger partial charge >= 0.3 is 5.97 Å². The van der Waals surface area contributed by atoms with Crippen molar-refractivity contribution in [3.8, 4) is 11.3 Å². The van der Waals surface area contributed by atoms with E-state index in [4.69, 9.17) is 0 Å². The molecule has 0 aliphatic carbocycles. The minimum Gasteiger partial charge on any atom is -0.465 e. The maximum absolute atomic E-state index is 14.0. The Morgan fingerprint density at radius 3 is 2.60 bits per heavy atom. The van der Waals surface area contributed by atoms with Gasteiger partial charge in [0.25, 0.3) is 5.91 Å². The second-order valence-electron chi connectivity index (χ2n) is 6.47. The Kier molecular flexibility index (Phi) is 5.24. The molecule has 0 fully saturated rings. The van der Waals surface area contributed by atoms with Gasteiger partial charge in [0.1, 0.15) is 5.82 Å². The summed E-state index contributed by atoms with van der Waals surface area (Å²) in [5.74, 6) is -1.12. The second kappa shape index (κ2) is 8.00. The average Bonchev–Trinajstić information content (AvgIpc) is 3.34.